The van der Waals surface area contributed by atoms with E-state index in [9.17, 15) is 9.59 Å². The number of hydrogen-bond acceptors (Lipinski definition) is 4. The van der Waals surface area contributed by atoms with Crippen LogP contribution in [0.5, 0.6) is 5.75 Å². The van der Waals surface area contributed by atoms with Crippen molar-refractivity contribution >= 4 is 23.1 Å². The fraction of sp³-hybridized carbons (Fsp3) is 0.273. The number of carbonyl (C=O) groups is 2. The minimum atomic E-state index is -0.318. The number of nitrogens with zero attached hydrogens (tertiary/aromatic N) is 1. The van der Waals surface area contributed by atoms with Gasteiger partial charge in [0.05, 0.1) is 18.4 Å². The van der Waals surface area contributed by atoms with Crippen molar-refractivity contribution in [3.8, 4) is 5.75 Å². The maximum Gasteiger partial charge on any atom is 0.278 e. The molecule has 27 heavy (non-hydrogen) atoms. The molecule has 0 fully saturated rings. The van der Waals surface area contributed by atoms with Crippen LogP contribution in [0.25, 0.3) is 5.57 Å². The molecule has 5 nitrogen and oxygen atoms in total. The minimum absolute atomic E-state index is 0.274. The number of likely N-dealkylation sites (N-methyl/N-ethyl adjacent to an activating group) is 1. The van der Waals surface area contributed by atoms with Gasteiger partial charge in [-0.1, -0.05) is 29.8 Å². The van der Waals surface area contributed by atoms with Crippen LogP contribution in [0, 0.1) is 20.8 Å². The van der Waals surface area contributed by atoms with Crippen LogP contribution in [0.2, 0.25) is 0 Å². The maximum absolute atomic E-state index is 13.0. The molecule has 0 aliphatic carbocycles. The Kier molecular flexibility index (Phi) is 5.04. The van der Waals surface area contributed by atoms with Gasteiger partial charge in [-0.2, -0.15) is 0 Å². The van der Waals surface area contributed by atoms with Gasteiger partial charge in [-0.15, -0.1) is 0 Å². The minimum Gasteiger partial charge on any atom is -0.495 e. The predicted molar refractivity (Wildman–Crippen MR) is 107 cm³/mol. The van der Waals surface area contributed by atoms with Gasteiger partial charge in [0.2, 0.25) is 0 Å². The summed E-state index contributed by atoms with van der Waals surface area (Å²) >= 11 is 0. The number of carbonyl (C=O) groups excluding carboxylic acids is 2. The van der Waals surface area contributed by atoms with E-state index < -0.39 is 0 Å². The highest BCUT2D eigenvalue weighted by molar-refractivity contribution is 6.36. The van der Waals surface area contributed by atoms with Crippen molar-refractivity contribution in [2.45, 2.75) is 27.7 Å². The molecule has 0 atom stereocenters. The Morgan fingerprint density at radius 2 is 1.63 bits per heavy atom. The second-order valence-electron chi connectivity index (χ2n) is 6.75. The monoisotopic (exact) mass is 364 g/mol. The van der Waals surface area contributed by atoms with E-state index in [1.807, 2.05) is 57.2 Å². The highest BCUT2D eigenvalue weighted by Crippen LogP contribution is 2.34. The number of anilines is 1. The number of methoxy groups -OCH3 is 1. The molecular formula is C22H24N2O3. The molecule has 2 aromatic rings. The molecule has 0 saturated carbocycles. The first-order valence-electron chi connectivity index (χ1n) is 8.97. The Hall–Kier alpha value is -3.08. The summed E-state index contributed by atoms with van der Waals surface area (Å²) in [6.07, 6.45) is 0. The summed E-state index contributed by atoms with van der Waals surface area (Å²) in [4.78, 5) is 27.2. The second kappa shape index (κ2) is 7.27. The molecule has 1 aliphatic heterocycles. The number of ether oxygens (including phenoxy) is 1. The molecule has 0 bridgehead atoms. The van der Waals surface area contributed by atoms with Crippen LogP contribution < -0.4 is 10.1 Å². The molecule has 1 aliphatic rings. The third-order valence-corrected chi connectivity index (χ3v) is 4.75. The summed E-state index contributed by atoms with van der Waals surface area (Å²) in [5.41, 5.74) is 5.21. The molecule has 140 valence electrons. The first-order valence-corrected chi connectivity index (χ1v) is 8.97. The SMILES string of the molecule is CCN1C(=O)C(Nc2cc(C)ccc2OC)=C(c2ccc(C)cc2C)C1=O. The van der Waals surface area contributed by atoms with Gasteiger partial charge >= 0.3 is 0 Å². The zero-order valence-corrected chi connectivity index (χ0v) is 16.3. The Morgan fingerprint density at radius 3 is 2.26 bits per heavy atom. The smallest absolute Gasteiger partial charge is 0.278 e. The summed E-state index contributed by atoms with van der Waals surface area (Å²) in [7, 11) is 1.58. The number of benzene rings is 2. The number of amides is 2. The number of rotatable bonds is 5. The van der Waals surface area contributed by atoms with Crippen molar-refractivity contribution in [3.05, 3.63) is 64.3 Å². The van der Waals surface area contributed by atoms with Crippen molar-refractivity contribution < 1.29 is 14.3 Å². The lowest BCUT2D eigenvalue weighted by Gasteiger charge is -2.14. The number of nitrogens with one attached hydrogen (secondary N) is 1. The first-order chi connectivity index (χ1) is 12.9. The Bertz CT molecular complexity index is 960. The molecule has 5 heteroatoms. The fourth-order valence-electron chi connectivity index (χ4n) is 3.38. The molecule has 3 rings (SSSR count). The summed E-state index contributed by atoms with van der Waals surface area (Å²) in [5, 5.41) is 3.18. The van der Waals surface area contributed by atoms with Gasteiger partial charge in [-0.3, -0.25) is 14.5 Å². The third-order valence-electron chi connectivity index (χ3n) is 4.75. The molecule has 1 N–H and O–H groups in total. The van der Waals surface area contributed by atoms with Gasteiger partial charge in [-0.05, 0) is 56.5 Å². The van der Waals surface area contributed by atoms with Crippen LogP contribution in [0.4, 0.5) is 5.69 Å². The van der Waals surface area contributed by atoms with E-state index >= 15 is 0 Å². The summed E-state index contributed by atoms with van der Waals surface area (Å²) in [6, 6.07) is 11.5. The van der Waals surface area contributed by atoms with Crippen molar-refractivity contribution in [1.82, 2.24) is 4.90 Å². The van der Waals surface area contributed by atoms with E-state index in [0.717, 1.165) is 22.3 Å². The van der Waals surface area contributed by atoms with Gasteiger partial charge < -0.3 is 10.1 Å². The van der Waals surface area contributed by atoms with Gasteiger partial charge in [0.1, 0.15) is 11.4 Å². The Balaban J connectivity index is 2.18. The average Bonchev–Trinajstić information content (AvgIpc) is 2.85. The molecular weight excluding hydrogens is 340 g/mol. The first kappa shape index (κ1) is 18.7. The van der Waals surface area contributed by atoms with Crippen molar-refractivity contribution in [1.29, 1.82) is 0 Å². The quantitative estimate of drug-likeness (QED) is 0.819. The van der Waals surface area contributed by atoms with Gasteiger partial charge in [0.25, 0.3) is 11.8 Å². The van der Waals surface area contributed by atoms with E-state index in [-0.39, 0.29) is 17.5 Å². The zero-order valence-electron chi connectivity index (χ0n) is 16.3. The van der Waals surface area contributed by atoms with E-state index in [1.54, 1.807) is 14.0 Å². The van der Waals surface area contributed by atoms with Gasteiger partial charge in [0.15, 0.2) is 0 Å². The lowest BCUT2D eigenvalue weighted by Crippen LogP contribution is -2.32. The van der Waals surface area contributed by atoms with Crippen LogP contribution in [-0.2, 0) is 9.59 Å². The largest absolute Gasteiger partial charge is 0.495 e. The van der Waals surface area contributed by atoms with Crippen molar-refractivity contribution in [2.75, 3.05) is 19.0 Å². The number of imide groups is 1. The van der Waals surface area contributed by atoms with Crippen molar-refractivity contribution in [3.63, 3.8) is 0 Å². The molecule has 0 aromatic heterocycles. The average molecular weight is 364 g/mol. The van der Waals surface area contributed by atoms with Crippen LogP contribution in [0.1, 0.15) is 29.2 Å². The van der Waals surface area contributed by atoms with Crippen LogP contribution in [0.15, 0.2) is 42.1 Å². The predicted octanol–water partition coefficient (Wildman–Crippen LogP) is 3.83. The Morgan fingerprint density at radius 1 is 0.963 bits per heavy atom. The lowest BCUT2D eigenvalue weighted by atomic mass is 9.97. The second-order valence-corrected chi connectivity index (χ2v) is 6.75. The fourth-order valence-corrected chi connectivity index (χ4v) is 3.38. The molecule has 1 heterocycles. The Labute approximate surface area is 159 Å². The molecule has 2 aromatic carbocycles. The van der Waals surface area contributed by atoms with Crippen LogP contribution in [0.3, 0.4) is 0 Å². The number of hydrogen-bond donors (Lipinski definition) is 1. The molecule has 2 amide bonds. The highest BCUT2D eigenvalue weighted by atomic mass is 16.5. The van der Waals surface area contributed by atoms with Crippen molar-refractivity contribution in [2.24, 2.45) is 0 Å². The van der Waals surface area contributed by atoms with Crippen LogP contribution in [-0.4, -0.2) is 30.4 Å². The van der Waals surface area contributed by atoms with Crippen LogP contribution >= 0.6 is 0 Å². The third kappa shape index (κ3) is 3.33. The molecule has 0 spiro atoms. The molecule has 0 unspecified atom stereocenters. The normalized spacial score (nSPS) is 14.2. The van der Waals surface area contributed by atoms with Gasteiger partial charge in [-0.25, -0.2) is 0 Å². The summed E-state index contributed by atoms with van der Waals surface area (Å²) in [5.74, 6) is 0.0212. The van der Waals surface area contributed by atoms with E-state index in [1.165, 1.54) is 4.90 Å². The summed E-state index contributed by atoms with van der Waals surface area (Å²) < 4.78 is 5.41. The number of aryl methyl sites for hydroxylation is 3. The maximum atomic E-state index is 13.0. The molecule has 0 saturated heterocycles. The van der Waals surface area contributed by atoms with E-state index in [4.69, 9.17) is 4.74 Å². The molecule has 0 radical (unpaired) electrons. The summed E-state index contributed by atoms with van der Waals surface area (Å²) in [6.45, 7) is 8.03. The van der Waals surface area contributed by atoms with E-state index in [0.29, 0.717) is 23.6 Å². The standard InChI is InChI=1S/C22H24N2O3/c1-6-24-21(25)19(16-9-7-13(2)11-15(16)4)20(22(24)26)23-17-12-14(3)8-10-18(17)27-5/h7-12,23H,6H2,1-5H3. The van der Waals surface area contributed by atoms with Gasteiger partial charge in [0, 0.05) is 6.54 Å². The zero-order chi connectivity index (χ0) is 19.7. The lowest BCUT2D eigenvalue weighted by molar-refractivity contribution is -0.136. The highest BCUT2D eigenvalue weighted by Gasteiger charge is 2.39. The topological polar surface area (TPSA) is 58.6 Å². The van der Waals surface area contributed by atoms with E-state index in [2.05, 4.69) is 5.32 Å².